The van der Waals surface area contributed by atoms with E-state index < -0.39 is 0 Å². The monoisotopic (exact) mass is 194 g/mol. The van der Waals surface area contributed by atoms with Crippen LogP contribution in [0, 0.1) is 0 Å². The maximum absolute atomic E-state index is 9.37. The van der Waals surface area contributed by atoms with Crippen molar-refractivity contribution in [1.29, 1.82) is 0 Å². The molecule has 0 aliphatic rings. The predicted octanol–water partition coefficient (Wildman–Crippen LogP) is 1.50. The number of aliphatic hydroxyl groups excluding tert-OH is 1. The lowest BCUT2D eigenvalue weighted by molar-refractivity contribution is 0.163. The fourth-order valence-corrected chi connectivity index (χ4v) is 1.19. The van der Waals surface area contributed by atoms with Gasteiger partial charge in [-0.1, -0.05) is 13.0 Å². The van der Waals surface area contributed by atoms with Crippen molar-refractivity contribution in [3.05, 3.63) is 30.1 Å². The van der Waals surface area contributed by atoms with Crippen LogP contribution in [0.3, 0.4) is 0 Å². The Morgan fingerprint density at radius 2 is 2.29 bits per heavy atom. The Balaban J connectivity index is 2.39. The Bertz CT molecular complexity index is 251. The van der Waals surface area contributed by atoms with Gasteiger partial charge < -0.3 is 10.4 Å². The SMILES string of the molecule is CCC(O)CN[C@H](C)c1ccccn1. The van der Waals surface area contributed by atoms with Gasteiger partial charge in [-0.2, -0.15) is 0 Å². The van der Waals surface area contributed by atoms with Crippen LogP contribution < -0.4 is 5.32 Å². The van der Waals surface area contributed by atoms with Gasteiger partial charge in [0, 0.05) is 18.8 Å². The van der Waals surface area contributed by atoms with Crippen molar-refractivity contribution < 1.29 is 5.11 Å². The highest BCUT2D eigenvalue weighted by Crippen LogP contribution is 2.07. The van der Waals surface area contributed by atoms with E-state index in [4.69, 9.17) is 0 Å². The number of hydrogen-bond acceptors (Lipinski definition) is 3. The van der Waals surface area contributed by atoms with Gasteiger partial charge in [-0.05, 0) is 25.5 Å². The first-order valence-electron chi connectivity index (χ1n) is 5.06. The zero-order chi connectivity index (χ0) is 10.4. The summed E-state index contributed by atoms with van der Waals surface area (Å²) in [7, 11) is 0. The molecular weight excluding hydrogens is 176 g/mol. The van der Waals surface area contributed by atoms with E-state index in [0.717, 1.165) is 12.1 Å². The maximum Gasteiger partial charge on any atom is 0.0662 e. The Hall–Kier alpha value is -0.930. The van der Waals surface area contributed by atoms with Crippen LogP contribution in [0.15, 0.2) is 24.4 Å². The molecule has 0 spiro atoms. The quantitative estimate of drug-likeness (QED) is 0.746. The molecule has 1 aromatic rings. The fraction of sp³-hybridized carbons (Fsp3) is 0.545. The minimum absolute atomic E-state index is 0.192. The molecule has 0 aliphatic carbocycles. The van der Waals surface area contributed by atoms with E-state index >= 15 is 0 Å². The van der Waals surface area contributed by atoms with Gasteiger partial charge in [0.05, 0.1) is 11.8 Å². The van der Waals surface area contributed by atoms with Crippen molar-refractivity contribution >= 4 is 0 Å². The summed E-state index contributed by atoms with van der Waals surface area (Å²) in [6, 6.07) is 6.04. The van der Waals surface area contributed by atoms with Crippen LogP contribution in [-0.4, -0.2) is 22.7 Å². The lowest BCUT2D eigenvalue weighted by Crippen LogP contribution is -2.28. The second kappa shape index (κ2) is 5.73. The molecule has 0 aromatic carbocycles. The van der Waals surface area contributed by atoms with Crippen LogP contribution in [0.25, 0.3) is 0 Å². The van der Waals surface area contributed by atoms with Crippen molar-refractivity contribution in [3.63, 3.8) is 0 Å². The lowest BCUT2D eigenvalue weighted by atomic mass is 10.2. The van der Waals surface area contributed by atoms with Crippen LogP contribution in [-0.2, 0) is 0 Å². The van der Waals surface area contributed by atoms with Gasteiger partial charge in [0.1, 0.15) is 0 Å². The third kappa shape index (κ3) is 3.44. The molecule has 0 aliphatic heterocycles. The summed E-state index contributed by atoms with van der Waals surface area (Å²) in [5.74, 6) is 0. The Labute approximate surface area is 85.2 Å². The molecule has 2 atom stereocenters. The van der Waals surface area contributed by atoms with Crippen LogP contribution in [0.2, 0.25) is 0 Å². The topological polar surface area (TPSA) is 45.1 Å². The van der Waals surface area contributed by atoms with Crippen molar-refractivity contribution in [2.45, 2.75) is 32.4 Å². The van der Waals surface area contributed by atoms with E-state index in [1.807, 2.05) is 32.0 Å². The van der Waals surface area contributed by atoms with E-state index in [1.54, 1.807) is 6.20 Å². The number of aliphatic hydroxyl groups is 1. The zero-order valence-electron chi connectivity index (χ0n) is 8.77. The summed E-state index contributed by atoms with van der Waals surface area (Å²) < 4.78 is 0. The molecule has 0 saturated heterocycles. The van der Waals surface area contributed by atoms with E-state index in [9.17, 15) is 5.11 Å². The van der Waals surface area contributed by atoms with Gasteiger partial charge in [0.2, 0.25) is 0 Å². The predicted molar refractivity (Wildman–Crippen MR) is 57.0 cm³/mol. The second-order valence-corrected chi connectivity index (χ2v) is 3.45. The first-order chi connectivity index (χ1) is 6.74. The number of nitrogens with one attached hydrogen (secondary N) is 1. The summed E-state index contributed by atoms with van der Waals surface area (Å²) in [6.07, 6.45) is 2.30. The first kappa shape index (κ1) is 11.1. The van der Waals surface area contributed by atoms with Crippen molar-refractivity contribution in [2.75, 3.05) is 6.54 Å². The van der Waals surface area contributed by atoms with Crippen LogP contribution >= 0.6 is 0 Å². The molecule has 0 radical (unpaired) electrons. The van der Waals surface area contributed by atoms with Gasteiger partial charge in [-0.3, -0.25) is 4.98 Å². The number of hydrogen-bond donors (Lipinski definition) is 2. The normalized spacial score (nSPS) is 15.1. The zero-order valence-corrected chi connectivity index (χ0v) is 8.77. The Kier molecular flexibility index (Phi) is 4.56. The smallest absolute Gasteiger partial charge is 0.0662 e. The van der Waals surface area contributed by atoms with Gasteiger partial charge in [-0.15, -0.1) is 0 Å². The molecular formula is C11H18N2O. The standard InChI is InChI=1S/C11H18N2O/c1-3-10(14)8-13-9(2)11-6-4-5-7-12-11/h4-7,9-10,13-14H,3,8H2,1-2H3/t9-,10?/m1/s1. The van der Waals surface area contributed by atoms with Gasteiger partial charge in [0.15, 0.2) is 0 Å². The molecule has 14 heavy (non-hydrogen) atoms. The largest absolute Gasteiger partial charge is 0.392 e. The van der Waals surface area contributed by atoms with Crippen LogP contribution in [0.1, 0.15) is 32.0 Å². The molecule has 78 valence electrons. The maximum atomic E-state index is 9.37. The van der Waals surface area contributed by atoms with Crippen molar-refractivity contribution in [1.82, 2.24) is 10.3 Å². The van der Waals surface area contributed by atoms with E-state index in [2.05, 4.69) is 10.3 Å². The molecule has 0 fully saturated rings. The van der Waals surface area contributed by atoms with E-state index in [0.29, 0.717) is 6.54 Å². The number of pyridine rings is 1. The molecule has 3 heteroatoms. The number of rotatable bonds is 5. The number of nitrogens with zero attached hydrogens (tertiary/aromatic N) is 1. The van der Waals surface area contributed by atoms with Gasteiger partial charge >= 0.3 is 0 Å². The highest BCUT2D eigenvalue weighted by Gasteiger charge is 2.07. The molecule has 3 nitrogen and oxygen atoms in total. The Morgan fingerprint density at radius 3 is 2.86 bits per heavy atom. The molecule has 1 aromatic heterocycles. The molecule has 1 rings (SSSR count). The van der Waals surface area contributed by atoms with E-state index in [1.165, 1.54) is 0 Å². The number of aromatic nitrogens is 1. The van der Waals surface area contributed by atoms with Crippen LogP contribution in [0.4, 0.5) is 0 Å². The Morgan fingerprint density at radius 1 is 1.50 bits per heavy atom. The summed E-state index contributed by atoms with van der Waals surface area (Å²) in [6.45, 7) is 4.64. The van der Waals surface area contributed by atoms with Gasteiger partial charge in [-0.25, -0.2) is 0 Å². The summed E-state index contributed by atoms with van der Waals surface area (Å²) in [5.41, 5.74) is 1.01. The minimum atomic E-state index is -0.263. The van der Waals surface area contributed by atoms with E-state index in [-0.39, 0.29) is 12.1 Å². The summed E-state index contributed by atoms with van der Waals surface area (Å²) >= 11 is 0. The highest BCUT2D eigenvalue weighted by molar-refractivity contribution is 5.07. The second-order valence-electron chi connectivity index (χ2n) is 3.45. The van der Waals surface area contributed by atoms with Crippen LogP contribution in [0.5, 0.6) is 0 Å². The fourth-order valence-electron chi connectivity index (χ4n) is 1.19. The third-order valence-electron chi connectivity index (χ3n) is 2.26. The minimum Gasteiger partial charge on any atom is -0.392 e. The average Bonchev–Trinajstić information content (AvgIpc) is 2.26. The first-order valence-corrected chi connectivity index (χ1v) is 5.06. The van der Waals surface area contributed by atoms with Crippen molar-refractivity contribution in [3.8, 4) is 0 Å². The molecule has 2 N–H and O–H groups in total. The molecule has 1 unspecified atom stereocenters. The van der Waals surface area contributed by atoms with Gasteiger partial charge in [0.25, 0.3) is 0 Å². The molecule has 0 saturated carbocycles. The summed E-state index contributed by atoms with van der Waals surface area (Å²) in [5, 5.41) is 12.6. The lowest BCUT2D eigenvalue weighted by Gasteiger charge is -2.15. The average molecular weight is 194 g/mol. The molecule has 0 amide bonds. The van der Waals surface area contributed by atoms with Crippen molar-refractivity contribution in [2.24, 2.45) is 0 Å². The summed E-state index contributed by atoms with van der Waals surface area (Å²) in [4.78, 5) is 4.24. The highest BCUT2D eigenvalue weighted by atomic mass is 16.3. The third-order valence-corrected chi connectivity index (χ3v) is 2.26. The molecule has 1 heterocycles. The molecule has 0 bridgehead atoms.